The highest BCUT2D eigenvalue weighted by Crippen LogP contribution is 1.91. The number of hydrogen-bond acceptors (Lipinski definition) is 1. The van der Waals surface area contributed by atoms with Gasteiger partial charge in [-0.3, -0.25) is 0 Å². The van der Waals surface area contributed by atoms with E-state index in [0.717, 1.165) is 13.2 Å². The minimum atomic E-state index is 0. The maximum atomic E-state index is 5.31. The van der Waals surface area contributed by atoms with Crippen LogP contribution in [-0.2, 0) is 4.74 Å². The summed E-state index contributed by atoms with van der Waals surface area (Å²) < 4.78 is 5.31. The highest BCUT2D eigenvalue weighted by atomic mass is 27.0. The van der Waals surface area contributed by atoms with Gasteiger partial charge in [0, 0.05) is 30.6 Å². The summed E-state index contributed by atoms with van der Waals surface area (Å²) in [5.41, 5.74) is 0. The van der Waals surface area contributed by atoms with E-state index in [0.29, 0.717) is 0 Å². The Hall–Kier alpha value is 0.492. The quantitative estimate of drug-likeness (QED) is 0.424. The monoisotopic (exact) mass is 157 g/mol. The Labute approximate surface area is 75.3 Å². The van der Waals surface area contributed by atoms with E-state index in [1.165, 1.54) is 25.7 Å². The van der Waals surface area contributed by atoms with Crippen LogP contribution in [0.2, 0.25) is 0 Å². The maximum Gasteiger partial charge on any atom is 0.0465 e. The molecule has 0 aliphatic carbocycles. The normalized spacial score (nSPS) is 9.00. The van der Waals surface area contributed by atoms with Crippen molar-refractivity contribution in [1.82, 2.24) is 0 Å². The standard InChI is InChI=1S/C8H18O.Al/c1-3-5-7-9-8-6-4-2;/h3-8H2,1-2H3;. The average molecular weight is 157 g/mol. The Balaban J connectivity index is 0. The molecule has 0 heterocycles. The van der Waals surface area contributed by atoms with Crippen LogP contribution in [0.5, 0.6) is 0 Å². The van der Waals surface area contributed by atoms with E-state index in [-0.39, 0.29) is 17.4 Å². The van der Waals surface area contributed by atoms with E-state index in [1.807, 2.05) is 0 Å². The van der Waals surface area contributed by atoms with Crippen molar-refractivity contribution in [1.29, 1.82) is 0 Å². The molecule has 0 unspecified atom stereocenters. The summed E-state index contributed by atoms with van der Waals surface area (Å²) in [7, 11) is 0. The molecule has 0 bridgehead atoms. The molecule has 0 aromatic carbocycles. The van der Waals surface area contributed by atoms with Crippen LogP contribution in [0.25, 0.3) is 0 Å². The maximum absolute atomic E-state index is 5.31. The summed E-state index contributed by atoms with van der Waals surface area (Å²) in [6, 6.07) is 0. The second kappa shape index (κ2) is 12.2. The topological polar surface area (TPSA) is 9.23 Å². The summed E-state index contributed by atoms with van der Waals surface area (Å²) in [6.07, 6.45) is 4.91. The van der Waals surface area contributed by atoms with E-state index >= 15 is 0 Å². The predicted octanol–water partition coefficient (Wildman–Crippen LogP) is 2.22. The molecule has 0 fully saturated rings. The van der Waals surface area contributed by atoms with Crippen LogP contribution in [0.15, 0.2) is 0 Å². The third kappa shape index (κ3) is 11.3. The SMILES string of the molecule is CCCCOCCCC.[Al]. The first-order chi connectivity index (χ1) is 4.41. The number of ether oxygens (including phenoxy) is 1. The molecular weight excluding hydrogens is 139 g/mol. The smallest absolute Gasteiger partial charge is 0.0465 e. The van der Waals surface area contributed by atoms with Crippen molar-refractivity contribution < 1.29 is 4.74 Å². The summed E-state index contributed by atoms with van der Waals surface area (Å²) in [4.78, 5) is 0. The van der Waals surface area contributed by atoms with Gasteiger partial charge in [0.2, 0.25) is 0 Å². The van der Waals surface area contributed by atoms with Crippen LogP contribution >= 0.6 is 0 Å². The number of unbranched alkanes of at least 4 members (excludes halogenated alkanes) is 2. The molecule has 2 heteroatoms. The fraction of sp³-hybridized carbons (Fsp3) is 1.00. The Morgan fingerprint density at radius 3 is 1.60 bits per heavy atom. The molecule has 0 atom stereocenters. The minimum Gasteiger partial charge on any atom is -0.381 e. The first-order valence-corrected chi connectivity index (χ1v) is 3.99. The number of rotatable bonds is 6. The lowest BCUT2D eigenvalue weighted by atomic mass is 10.3. The molecule has 59 valence electrons. The zero-order valence-corrected chi connectivity index (χ0v) is 8.38. The van der Waals surface area contributed by atoms with Crippen molar-refractivity contribution in [3.8, 4) is 0 Å². The van der Waals surface area contributed by atoms with E-state index in [1.54, 1.807) is 0 Å². The average Bonchev–Trinajstić information content (AvgIpc) is 1.89. The lowest BCUT2D eigenvalue weighted by Crippen LogP contribution is -1.95. The fourth-order valence-corrected chi connectivity index (χ4v) is 0.595. The van der Waals surface area contributed by atoms with E-state index in [2.05, 4.69) is 13.8 Å². The predicted molar refractivity (Wildman–Crippen MR) is 46.4 cm³/mol. The second-order valence-corrected chi connectivity index (χ2v) is 2.32. The zero-order valence-electron chi connectivity index (χ0n) is 7.23. The van der Waals surface area contributed by atoms with Crippen LogP contribution in [0.4, 0.5) is 0 Å². The lowest BCUT2D eigenvalue weighted by Gasteiger charge is -1.99. The van der Waals surface area contributed by atoms with Gasteiger partial charge in [0.15, 0.2) is 0 Å². The highest BCUT2D eigenvalue weighted by molar-refractivity contribution is 5.75. The van der Waals surface area contributed by atoms with Crippen molar-refractivity contribution in [2.24, 2.45) is 0 Å². The Morgan fingerprint density at radius 1 is 0.900 bits per heavy atom. The van der Waals surface area contributed by atoms with Crippen molar-refractivity contribution in [3.63, 3.8) is 0 Å². The first kappa shape index (κ1) is 13.1. The van der Waals surface area contributed by atoms with Gasteiger partial charge in [0.1, 0.15) is 0 Å². The summed E-state index contributed by atoms with van der Waals surface area (Å²) >= 11 is 0. The second-order valence-electron chi connectivity index (χ2n) is 2.32. The molecule has 0 aromatic rings. The van der Waals surface area contributed by atoms with Crippen molar-refractivity contribution in [3.05, 3.63) is 0 Å². The van der Waals surface area contributed by atoms with Crippen molar-refractivity contribution in [2.45, 2.75) is 39.5 Å². The molecule has 0 saturated heterocycles. The van der Waals surface area contributed by atoms with Crippen LogP contribution in [0.3, 0.4) is 0 Å². The molecule has 0 N–H and O–H groups in total. The summed E-state index contributed by atoms with van der Waals surface area (Å²) in [5.74, 6) is 0. The third-order valence-electron chi connectivity index (χ3n) is 1.28. The molecular formula is C8H18AlO. The Kier molecular flexibility index (Phi) is 16.0. The van der Waals surface area contributed by atoms with Gasteiger partial charge in [-0.1, -0.05) is 26.7 Å². The van der Waals surface area contributed by atoms with Gasteiger partial charge in [0.05, 0.1) is 0 Å². The molecule has 0 aromatic heterocycles. The molecule has 3 radical (unpaired) electrons. The van der Waals surface area contributed by atoms with Crippen molar-refractivity contribution in [2.75, 3.05) is 13.2 Å². The van der Waals surface area contributed by atoms with E-state index < -0.39 is 0 Å². The molecule has 0 rings (SSSR count). The Bertz CT molecular complexity index is 42.5. The molecule has 1 nitrogen and oxygen atoms in total. The largest absolute Gasteiger partial charge is 0.381 e. The van der Waals surface area contributed by atoms with Crippen LogP contribution in [-0.4, -0.2) is 30.6 Å². The van der Waals surface area contributed by atoms with E-state index in [9.17, 15) is 0 Å². The molecule has 0 amide bonds. The molecule has 0 aliphatic heterocycles. The Morgan fingerprint density at radius 2 is 1.30 bits per heavy atom. The van der Waals surface area contributed by atoms with Gasteiger partial charge in [-0.2, -0.15) is 0 Å². The van der Waals surface area contributed by atoms with Gasteiger partial charge in [-0.25, -0.2) is 0 Å². The minimum absolute atomic E-state index is 0. The summed E-state index contributed by atoms with van der Waals surface area (Å²) in [5, 5.41) is 0. The first-order valence-electron chi connectivity index (χ1n) is 3.99. The molecule has 10 heavy (non-hydrogen) atoms. The van der Waals surface area contributed by atoms with Gasteiger partial charge >= 0.3 is 0 Å². The third-order valence-corrected chi connectivity index (χ3v) is 1.28. The molecule has 0 saturated carbocycles. The van der Waals surface area contributed by atoms with E-state index in [4.69, 9.17) is 4.74 Å². The van der Waals surface area contributed by atoms with Gasteiger partial charge in [0.25, 0.3) is 0 Å². The highest BCUT2D eigenvalue weighted by Gasteiger charge is 1.84. The van der Waals surface area contributed by atoms with Gasteiger partial charge < -0.3 is 4.74 Å². The number of hydrogen-bond donors (Lipinski definition) is 0. The fourth-order valence-electron chi connectivity index (χ4n) is 0.595. The van der Waals surface area contributed by atoms with Crippen LogP contribution < -0.4 is 0 Å². The van der Waals surface area contributed by atoms with Crippen molar-refractivity contribution >= 4 is 17.4 Å². The van der Waals surface area contributed by atoms with Gasteiger partial charge in [-0.05, 0) is 12.8 Å². The zero-order chi connectivity index (χ0) is 6.95. The molecule has 0 aliphatic rings. The molecule has 0 spiro atoms. The van der Waals surface area contributed by atoms with Crippen LogP contribution in [0, 0.1) is 0 Å². The summed E-state index contributed by atoms with van der Waals surface area (Å²) in [6.45, 7) is 6.28. The lowest BCUT2D eigenvalue weighted by molar-refractivity contribution is 0.128. The van der Waals surface area contributed by atoms with Crippen LogP contribution in [0.1, 0.15) is 39.5 Å². The van der Waals surface area contributed by atoms with Gasteiger partial charge in [-0.15, -0.1) is 0 Å².